The van der Waals surface area contributed by atoms with E-state index in [0.29, 0.717) is 10.9 Å². The van der Waals surface area contributed by atoms with Crippen molar-refractivity contribution in [2.45, 2.75) is 20.3 Å². The van der Waals surface area contributed by atoms with Gasteiger partial charge in [-0.3, -0.25) is 4.79 Å². The zero-order valence-electron chi connectivity index (χ0n) is 15.6. The summed E-state index contributed by atoms with van der Waals surface area (Å²) in [5.41, 5.74) is 6.13. The quantitative estimate of drug-likeness (QED) is 0.468. The molecule has 5 heteroatoms. The minimum Gasteiger partial charge on any atom is -0.436 e. The second-order valence-corrected chi connectivity index (χ2v) is 7.31. The highest BCUT2D eigenvalue weighted by atomic mass is 35.5. The van der Waals surface area contributed by atoms with Gasteiger partial charge in [-0.15, -0.1) is 0 Å². The van der Waals surface area contributed by atoms with Crippen molar-refractivity contribution in [3.05, 3.63) is 82.4 Å². The maximum Gasteiger partial charge on any atom is 0.228 e. The monoisotopic (exact) mass is 390 g/mol. The van der Waals surface area contributed by atoms with Gasteiger partial charge in [-0.05, 0) is 66.9 Å². The van der Waals surface area contributed by atoms with Gasteiger partial charge in [0.25, 0.3) is 0 Å². The van der Waals surface area contributed by atoms with Crippen LogP contribution in [0.2, 0.25) is 5.02 Å². The van der Waals surface area contributed by atoms with E-state index in [2.05, 4.69) is 10.3 Å². The van der Waals surface area contributed by atoms with Crippen LogP contribution in [-0.4, -0.2) is 10.9 Å². The van der Waals surface area contributed by atoms with Crippen molar-refractivity contribution < 1.29 is 9.21 Å². The lowest BCUT2D eigenvalue weighted by molar-refractivity contribution is -0.115. The highest BCUT2D eigenvalue weighted by Gasteiger charge is 2.12. The third-order valence-electron chi connectivity index (χ3n) is 4.58. The Kier molecular flexibility index (Phi) is 4.88. The van der Waals surface area contributed by atoms with Gasteiger partial charge in [0.15, 0.2) is 5.58 Å². The Morgan fingerprint density at radius 3 is 2.61 bits per heavy atom. The highest BCUT2D eigenvalue weighted by Crippen LogP contribution is 2.28. The Bertz CT molecular complexity index is 1160. The third kappa shape index (κ3) is 3.92. The van der Waals surface area contributed by atoms with Crippen LogP contribution in [0.3, 0.4) is 0 Å². The van der Waals surface area contributed by atoms with Gasteiger partial charge < -0.3 is 9.73 Å². The zero-order chi connectivity index (χ0) is 19.7. The maximum absolute atomic E-state index is 12.5. The number of aryl methyl sites for hydroxylation is 2. The summed E-state index contributed by atoms with van der Waals surface area (Å²) in [5.74, 6) is 0.449. The van der Waals surface area contributed by atoms with E-state index in [1.165, 1.54) is 0 Å². The Morgan fingerprint density at radius 1 is 1.04 bits per heavy atom. The maximum atomic E-state index is 12.5. The van der Waals surface area contributed by atoms with Crippen LogP contribution < -0.4 is 5.32 Å². The van der Waals surface area contributed by atoms with E-state index >= 15 is 0 Å². The zero-order valence-corrected chi connectivity index (χ0v) is 16.4. The lowest BCUT2D eigenvalue weighted by Gasteiger charge is -2.10. The molecule has 0 aliphatic carbocycles. The van der Waals surface area contributed by atoms with Crippen LogP contribution in [0.15, 0.2) is 65.1 Å². The standard InChI is InChI=1S/C23H19ClN2O2/c1-14-3-10-19-21(11-14)28-23(26-19)17-7-4-15(2)20(13-17)25-22(27)12-16-5-8-18(24)9-6-16/h3-11,13H,12H2,1-2H3,(H,25,27). The first-order chi connectivity index (χ1) is 13.5. The number of anilines is 1. The van der Waals surface area contributed by atoms with E-state index in [0.717, 1.165) is 39.0 Å². The molecule has 0 aliphatic rings. The van der Waals surface area contributed by atoms with Gasteiger partial charge in [-0.1, -0.05) is 35.9 Å². The van der Waals surface area contributed by atoms with Gasteiger partial charge in [0.2, 0.25) is 11.8 Å². The van der Waals surface area contributed by atoms with E-state index in [4.69, 9.17) is 16.0 Å². The molecule has 1 aromatic heterocycles. The minimum absolute atomic E-state index is 0.0873. The predicted octanol–water partition coefficient (Wildman–Crippen LogP) is 5.95. The number of fused-ring (bicyclic) bond motifs is 1. The number of nitrogens with one attached hydrogen (secondary N) is 1. The molecule has 4 aromatic rings. The fraction of sp³-hybridized carbons (Fsp3) is 0.130. The van der Waals surface area contributed by atoms with Crippen molar-refractivity contribution >= 4 is 34.3 Å². The largest absolute Gasteiger partial charge is 0.436 e. The molecule has 0 saturated heterocycles. The predicted molar refractivity (Wildman–Crippen MR) is 113 cm³/mol. The molecule has 0 atom stereocenters. The van der Waals surface area contributed by atoms with Gasteiger partial charge in [0.05, 0.1) is 6.42 Å². The molecule has 4 rings (SSSR count). The summed E-state index contributed by atoms with van der Waals surface area (Å²) in [7, 11) is 0. The van der Waals surface area contributed by atoms with Crippen LogP contribution in [0.4, 0.5) is 5.69 Å². The first-order valence-electron chi connectivity index (χ1n) is 9.00. The molecule has 1 amide bonds. The van der Waals surface area contributed by atoms with Gasteiger partial charge in [-0.25, -0.2) is 4.98 Å². The smallest absolute Gasteiger partial charge is 0.228 e. The van der Waals surface area contributed by atoms with Gasteiger partial charge in [-0.2, -0.15) is 0 Å². The van der Waals surface area contributed by atoms with Crippen molar-refractivity contribution in [2.75, 3.05) is 5.32 Å². The number of carbonyl (C=O) groups excluding carboxylic acids is 1. The second-order valence-electron chi connectivity index (χ2n) is 6.87. The van der Waals surface area contributed by atoms with Crippen LogP contribution >= 0.6 is 11.6 Å². The molecular weight excluding hydrogens is 372 g/mol. The molecule has 0 bridgehead atoms. The SMILES string of the molecule is Cc1ccc2nc(-c3ccc(C)c(NC(=O)Cc4ccc(Cl)cc4)c3)oc2c1. The van der Waals surface area contributed by atoms with Crippen molar-refractivity contribution in [1.82, 2.24) is 4.98 Å². The number of nitrogens with zero attached hydrogens (tertiary/aromatic N) is 1. The van der Waals surface area contributed by atoms with Crippen LogP contribution in [0.5, 0.6) is 0 Å². The first kappa shape index (κ1) is 18.3. The molecule has 3 aromatic carbocycles. The molecule has 4 nitrogen and oxygen atoms in total. The lowest BCUT2D eigenvalue weighted by atomic mass is 10.1. The van der Waals surface area contributed by atoms with Crippen LogP contribution in [0.1, 0.15) is 16.7 Å². The average molecular weight is 391 g/mol. The van der Waals surface area contributed by atoms with Gasteiger partial charge in [0.1, 0.15) is 5.52 Å². The minimum atomic E-state index is -0.0873. The van der Waals surface area contributed by atoms with Gasteiger partial charge >= 0.3 is 0 Å². The molecule has 0 aliphatic heterocycles. The Morgan fingerprint density at radius 2 is 1.82 bits per heavy atom. The van der Waals surface area contributed by atoms with E-state index in [9.17, 15) is 4.79 Å². The molecule has 0 spiro atoms. The molecule has 0 unspecified atom stereocenters. The summed E-state index contributed by atoms with van der Waals surface area (Å²) in [5, 5.41) is 3.64. The van der Waals surface area contributed by atoms with Crippen molar-refractivity contribution in [3.8, 4) is 11.5 Å². The number of amides is 1. The number of benzene rings is 3. The topological polar surface area (TPSA) is 55.1 Å². The number of hydrogen-bond acceptors (Lipinski definition) is 3. The molecule has 0 saturated carbocycles. The third-order valence-corrected chi connectivity index (χ3v) is 4.83. The summed E-state index contributed by atoms with van der Waals surface area (Å²) in [6.07, 6.45) is 0.281. The number of oxazole rings is 1. The number of carbonyl (C=O) groups is 1. The van der Waals surface area contributed by atoms with Crippen molar-refractivity contribution in [2.24, 2.45) is 0 Å². The fourth-order valence-corrected chi connectivity index (χ4v) is 3.15. The molecule has 28 heavy (non-hydrogen) atoms. The number of hydrogen-bond donors (Lipinski definition) is 1. The molecule has 1 N–H and O–H groups in total. The molecule has 0 fully saturated rings. The van der Waals surface area contributed by atoms with E-state index in [1.807, 2.05) is 62.4 Å². The number of rotatable bonds is 4. The van der Waals surface area contributed by atoms with E-state index < -0.39 is 0 Å². The van der Waals surface area contributed by atoms with E-state index in [1.54, 1.807) is 12.1 Å². The Hall–Kier alpha value is -3.11. The van der Waals surface area contributed by atoms with Crippen molar-refractivity contribution in [3.63, 3.8) is 0 Å². The second kappa shape index (κ2) is 7.49. The highest BCUT2D eigenvalue weighted by molar-refractivity contribution is 6.30. The molecule has 140 valence electrons. The molecule has 0 radical (unpaired) electrons. The van der Waals surface area contributed by atoms with E-state index in [-0.39, 0.29) is 12.3 Å². The lowest BCUT2D eigenvalue weighted by Crippen LogP contribution is -2.15. The van der Waals surface area contributed by atoms with Crippen LogP contribution in [0.25, 0.3) is 22.6 Å². The summed E-state index contributed by atoms with van der Waals surface area (Å²) < 4.78 is 5.91. The van der Waals surface area contributed by atoms with Gasteiger partial charge in [0, 0.05) is 16.3 Å². The number of aromatic nitrogens is 1. The molecule has 1 heterocycles. The fourth-order valence-electron chi connectivity index (χ4n) is 3.03. The Balaban J connectivity index is 1.57. The summed E-state index contributed by atoms with van der Waals surface area (Å²) in [4.78, 5) is 17.0. The van der Waals surface area contributed by atoms with Crippen LogP contribution in [0, 0.1) is 13.8 Å². The molecular formula is C23H19ClN2O2. The van der Waals surface area contributed by atoms with Crippen LogP contribution in [-0.2, 0) is 11.2 Å². The summed E-state index contributed by atoms with van der Waals surface area (Å²) in [6, 6.07) is 19.0. The normalized spacial score (nSPS) is 11.0. The Labute approximate surface area is 168 Å². The van der Waals surface area contributed by atoms with Crippen molar-refractivity contribution in [1.29, 1.82) is 0 Å². The summed E-state index contributed by atoms with van der Waals surface area (Å²) >= 11 is 5.90. The average Bonchev–Trinajstić information content (AvgIpc) is 3.08. The number of halogens is 1. The summed E-state index contributed by atoms with van der Waals surface area (Å²) in [6.45, 7) is 3.97. The first-order valence-corrected chi connectivity index (χ1v) is 9.38.